The fraction of sp³-hybridized carbons (Fsp3) is 0.136. The van der Waals surface area contributed by atoms with E-state index in [2.05, 4.69) is 15.3 Å². The Morgan fingerprint density at radius 2 is 1.80 bits per heavy atom. The maximum atomic E-state index is 12.8. The SMILES string of the molecule is Cc1ncnc2c1c(NCc1ccc(O)c(O)c1)cc(=O)n2OCc1ccccc1. The summed E-state index contributed by atoms with van der Waals surface area (Å²) in [7, 11) is 0. The molecule has 0 unspecified atom stereocenters. The maximum Gasteiger partial charge on any atom is 0.287 e. The number of aryl methyl sites for hydroxylation is 1. The molecule has 2 aromatic heterocycles. The summed E-state index contributed by atoms with van der Waals surface area (Å²) in [4.78, 5) is 27.0. The van der Waals surface area contributed by atoms with Gasteiger partial charge in [-0.15, -0.1) is 4.73 Å². The number of phenols is 2. The number of rotatable bonds is 6. The monoisotopic (exact) mass is 404 g/mol. The molecule has 0 saturated heterocycles. The van der Waals surface area contributed by atoms with Crippen molar-refractivity contribution in [2.45, 2.75) is 20.1 Å². The molecule has 2 heterocycles. The van der Waals surface area contributed by atoms with E-state index in [0.717, 1.165) is 11.1 Å². The summed E-state index contributed by atoms with van der Waals surface area (Å²) in [6.07, 6.45) is 1.39. The number of anilines is 1. The highest BCUT2D eigenvalue weighted by Crippen LogP contribution is 2.26. The summed E-state index contributed by atoms with van der Waals surface area (Å²) >= 11 is 0. The van der Waals surface area contributed by atoms with E-state index in [1.165, 1.54) is 29.3 Å². The molecule has 4 aromatic rings. The van der Waals surface area contributed by atoms with Crippen molar-refractivity contribution in [1.29, 1.82) is 0 Å². The Kier molecular flexibility index (Phi) is 5.21. The van der Waals surface area contributed by atoms with Crippen LogP contribution in [0.2, 0.25) is 0 Å². The number of nitrogens with zero attached hydrogens (tertiary/aromatic N) is 3. The molecular formula is C22H20N4O4. The second kappa shape index (κ2) is 8.12. The number of pyridine rings is 1. The Morgan fingerprint density at radius 1 is 1.00 bits per heavy atom. The van der Waals surface area contributed by atoms with Crippen LogP contribution in [0.15, 0.2) is 65.7 Å². The molecule has 0 fully saturated rings. The predicted molar refractivity (Wildman–Crippen MR) is 112 cm³/mol. The molecule has 4 rings (SSSR count). The lowest BCUT2D eigenvalue weighted by Gasteiger charge is -2.15. The van der Waals surface area contributed by atoms with E-state index in [0.29, 0.717) is 29.0 Å². The van der Waals surface area contributed by atoms with Gasteiger partial charge in [0.15, 0.2) is 17.1 Å². The lowest BCUT2D eigenvalue weighted by Crippen LogP contribution is -2.28. The second-order valence-electron chi connectivity index (χ2n) is 6.78. The zero-order valence-electron chi connectivity index (χ0n) is 16.2. The Morgan fingerprint density at radius 3 is 2.57 bits per heavy atom. The zero-order chi connectivity index (χ0) is 21.1. The van der Waals surface area contributed by atoms with Crippen LogP contribution in [0.4, 0.5) is 5.69 Å². The van der Waals surface area contributed by atoms with E-state index in [-0.39, 0.29) is 23.7 Å². The van der Waals surface area contributed by atoms with Crippen molar-refractivity contribution in [3.8, 4) is 11.5 Å². The van der Waals surface area contributed by atoms with Gasteiger partial charge in [-0.2, -0.15) is 0 Å². The van der Waals surface area contributed by atoms with Crippen LogP contribution in [0.1, 0.15) is 16.8 Å². The number of hydrogen-bond donors (Lipinski definition) is 3. The lowest BCUT2D eigenvalue weighted by molar-refractivity contribution is 0.0979. The summed E-state index contributed by atoms with van der Waals surface area (Å²) in [5, 5.41) is 23.0. The predicted octanol–water partition coefficient (Wildman–Crippen LogP) is 2.75. The van der Waals surface area contributed by atoms with Crippen molar-refractivity contribution in [3.05, 3.63) is 88.1 Å². The second-order valence-corrected chi connectivity index (χ2v) is 6.78. The van der Waals surface area contributed by atoms with Crippen molar-refractivity contribution in [2.24, 2.45) is 0 Å². The number of benzene rings is 2. The van der Waals surface area contributed by atoms with E-state index in [9.17, 15) is 15.0 Å². The van der Waals surface area contributed by atoms with Crippen LogP contribution in [-0.4, -0.2) is 24.9 Å². The van der Waals surface area contributed by atoms with Gasteiger partial charge >= 0.3 is 0 Å². The Hall–Kier alpha value is -4.07. The van der Waals surface area contributed by atoms with E-state index >= 15 is 0 Å². The van der Waals surface area contributed by atoms with E-state index < -0.39 is 0 Å². The van der Waals surface area contributed by atoms with Crippen molar-refractivity contribution in [3.63, 3.8) is 0 Å². The third kappa shape index (κ3) is 3.88. The quantitative estimate of drug-likeness (QED) is 0.424. The van der Waals surface area contributed by atoms with Crippen molar-refractivity contribution < 1.29 is 15.1 Å². The van der Waals surface area contributed by atoms with Gasteiger partial charge in [0.25, 0.3) is 5.56 Å². The van der Waals surface area contributed by atoms with Gasteiger partial charge in [-0.25, -0.2) is 9.97 Å². The van der Waals surface area contributed by atoms with Crippen molar-refractivity contribution >= 4 is 16.7 Å². The smallest absolute Gasteiger partial charge is 0.287 e. The molecule has 0 amide bonds. The molecule has 30 heavy (non-hydrogen) atoms. The first-order valence-electron chi connectivity index (χ1n) is 9.32. The average Bonchev–Trinajstić information content (AvgIpc) is 2.74. The fourth-order valence-corrected chi connectivity index (χ4v) is 3.14. The van der Waals surface area contributed by atoms with Crippen LogP contribution in [-0.2, 0) is 13.2 Å². The van der Waals surface area contributed by atoms with E-state index in [1.54, 1.807) is 6.07 Å². The Labute approximate surface area is 172 Å². The minimum absolute atomic E-state index is 0.188. The minimum Gasteiger partial charge on any atom is -0.504 e. The summed E-state index contributed by atoms with van der Waals surface area (Å²) < 4.78 is 1.18. The first-order chi connectivity index (χ1) is 14.5. The highest BCUT2D eigenvalue weighted by atomic mass is 16.7. The van der Waals surface area contributed by atoms with Crippen LogP contribution in [0.3, 0.4) is 0 Å². The van der Waals surface area contributed by atoms with Crippen LogP contribution < -0.4 is 15.7 Å². The van der Waals surface area contributed by atoms with E-state index in [4.69, 9.17) is 4.84 Å². The third-order valence-electron chi connectivity index (χ3n) is 4.67. The molecule has 8 heteroatoms. The number of fused-ring (bicyclic) bond motifs is 1. The highest BCUT2D eigenvalue weighted by Gasteiger charge is 2.14. The zero-order valence-corrected chi connectivity index (χ0v) is 16.2. The van der Waals surface area contributed by atoms with Crippen molar-refractivity contribution in [2.75, 3.05) is 5.32 Å². The van der Waals surface area contributed by atoms with Crippen LogP contribution >= 0.6 is 0 Å². The Balaban J connectivity index is 1.67. The summed E-state index contributed by atoms with van der Waals surface area (Å²) in [5.74, 6) is -0.394. The number of hydrogen-bond acceptors (Lipinski definition) is 7. The lowest BCUT2D eigenvalue weighted by atomic mass is 10.1. The molecule has 0 bridgehead atoms. The molecule has 3 N–H and O–H groups in total. The molecule has 0 spiro atoms. The standard InChI is InChI=1S/C22H20N4O4/c1-14-21-17(23-11-16-7-8-18(27)19(28)9-16)10-20(29)26(22(21)25-13-24-14)30-12-15-5-3-2-4-6-15/h2-10,13,23,27-28H,11-12H2,1H3. The average molecular weight is 404 g/mol. The molecule has 0 aliphatic carbocycles. The molecular weight excluding hydrogens is 384 g/mol. The van der Waals surface area contributed by atoms with Gasteiger partial charge in [0.2, 0.25) is 0 Å². The molecule has 8 nitrogen and oxygen atoms in total. The van der Waals surface area contributed by atoms with Gasteiger partial charge in [-0.3, -0.25) is 4.79 Å². The highest BCUT2D eigenvalue weighted by molar-refractivity contribution is 5.90. The fourth-order valence-electron chi connectivity index (χ4n) is 3.14. The van der Waals surface area contributed by atoms with Crippen molar-refractivity contribution in [1.82, 2.24) is 14.7 Å². The first kappa shape index (κ1) is 19.3. The molecule has 152 valence electrons. The van der Waals surface area contributed by atoms with E-state index in [1.807, 2.05) is 37.3 Å². The first-order valence-corrected chi connectivity index (χ1v) is 9.32. The minimum atomic E-state index is -0.368. The normalized spacial score (nSPS) is 10.8. The molecule has 0 radical (unpaired) electrons. The topological polar surface area (TPSA) is 110 Å². The summed E-state index contributed by atoms with van der Waals surface area (Å²) in [6.45, 7) is 2.37. The molecule has 0 atom stereocenters. The summed E-state index contributed by atoms with van der Waals surface area (Å²) in [6, 6.07) is 15.5. The molecule has 0 saturated carbocycles. The van der Waals surface area contributed by atoms with Gasteiger partial charge in [-0.1, -0.05) is 36.4 Å². The maximum absolute atomic E-state index is 12.8. The largest absolute Gasteiger partial charge is 0.504 e. The number of aromatic hydroxyl groups is 2. The van der Waals surface area contributed by atoms with Gasteiger partial charge in [0.1, 0.15) is 12.9 Å². The Bertz CT molecular complexity index is 1260. The third-order valence-corrected chi connectivity index (χ3v) is 4.67. The summed E-state index contributed by atoms with van der Waals surface area (Å²) in [5.41, 5.74) is 2.90. The van der Waals surface area contributed by atoms with Gasteiger partial charge in [-0.05, 0) is 30.2 Å². The van der Waals surface area contributed by atoms with Crippen LogP contribution in [0.5, 0.6) is 11.5 Å². The number of phenolic OH excluding ortho intramolecular Hbond substituents is 2. The van der Waals surface area contributed by atoms with Crippen LogP contribution in [0, 0.1) is 6.92 Å². The molecule has 0 aliphatic rings. The number of aromatic nitrogens is 3. The molecule has 2 aromatic carbocycles. The van der Waals surface area contributed by atoms with Gasteiger partial charge in [0.05, 0.1) is 16.8 Å². The number of nitrogens with one attached hydrogen (secondary N) is 1. The van der Waals surface area contributed by atoms with Crippen LogP contribution in [0.25, 0.3) is 11.0 Å². The van der Waals surface area contributed by atoms with Gasteiger partial charge < -0.3 is 20.4 Å². The molecule has 0 aliphatic heterocycles. The van der Waals surface area contributed by atoms with Gasteiger partial charge in [0, 0.05) is 12.6 Å².